The van der Waals surface area contributed by atoms with Gasteiger partial charge in [-0.2, -0.15) is 11.3 Å². The molecule has 1 heterocycles. The first-order valence-corrected chi connectivity index (χ1v) is 6.34. The number of aromatic carboxylic acids is 1. The topological polar surface area (TPSA) is 49.3 Å². The summed E-state index contributed by atoms with van der Waals surface area (Å²) in [6.45, 7) is 1.22. The van der Waals surface area contributed by atoms with Crippen LogP contribution in [0, 0.1) is 5.82 Å². The lowest BCUT2D eigenvalue weighted by Crippen LogP contribution is -2.12. The SMILES string of the molecule is O=C(O)c1ccc(CNCc2ccsc2)cc1F. The standard InChI is InChI=1S/C13H12FNO2S/c14-12-5-9(1-2-11(12)13(16)17)6-15-7-10-3-4-18-8-10/h1-5,8,15H,6-7H2,(H,16,17). The molecule has 0 atom stereocenters. The minimum Gasteiger partial charge on any atom is -0.478 e. The molecule has 1 aromatic carbocycles. The third kappa shape index (κ3) is 3.15. The van der Waals surface area contributed by atoms with Gasteiger partial charge in [-0.1, -0.05) is 6.07 Å². The van der Waals surface area contributed by atoms with Crippen molar-refractivity contribution in [3.8, 4) is 0 Å². The van der Waals surface area contributed by atoms with Crippen molar-refractivity contribution >= 4 is 17.3 Å². The first kappa shape index (κ1) is 12.7. The Kier molecular flexibility index (Phi) is 4.07. The first-order valence-electron chi connectivity index (χ1n) is 5.40. The van der Waals surface area contributed by atoms with Crippen LogP contribution in [0.1, 0.15) is 21.5 Å². The molecule has 1 aromatic heterocycles. The predicted molar refractivity (Wildman–Crippen MR) is 68.2 cm³/mol. The molecule has 18 heavy (non-hydrogen) atoms. The van der Waals surface area contributed by atoms with Crippen molar-refractivity contribution in [3.63, 3.8) is 0 Å². The molecule has 0 aliphatic rings. The van der Waals surface area contributed by atoms with Crippen LogP contribution in [-0.2, 0) is 13.1 Å². The summed E-state index contributed by atoms with van der Waals surface area (Å²) in [6, 6.07) is 6.18. The summed E-state index contributed by atoms with van der Waals surface area (Å²) in [4.78, 5) is 10.6. The molecule has 0 saturated heterocycles. The highest BCUT2D eigenvalue weighted by molar-refractivity contribution is 7.07. The van der Waals surface area contributed by atoms with Gasteiger partial charge in [0.1, 0.15) is 5.82 Å². The van der Waals surface area contributed by atoms with Crippen molar-refractivity contribution in [2.75, 3.05) is 0 Å². The van der Waals surface area contributed by atoms with E-state index < -0.39 is 11.8 Å². The van der Waals surface area contributed by atoms with Gasteiger partial charge >= 0.3 is 5.97 Å². The zero-order chi connectivity index (χ0) is 13.0. The normalized spacial score (nSPS) is 10.5. The highest BCUT2D eigenvalue weighted by Gasteiger charge is 2.09. The summed E-state index contributed by atoms with van der Waals surface area (Å²) >= 11 is 1.63. The number of halogens is 1. The van der Waals surface area contributed by atoms with Gasteiger partial charge in [-0.15, -0.1) is 0 Å². The van der Waals surface area contributed by atoms with Crippen molar-refractivity contribution in [1.82, 2.24) is 5.32 Å². The third-order valence-corrected chi connectivity index (χ3v) is 3.23. The van der Waals surface area contributed by atoms with Crippen LogP contribution in [0.15, 0.2) is 35.0 Å². The zero-order valence-corrected chi connectivity index (χ0v) is 10.3. The second kappa shape index (κ2) is 5.75. The molecule has 0 radical (unpaired) electrons. The number of hydrogen-bond acceptors (Lipinski definition) is 3. The van der Waals surface area contributed by atoms with Gasteiger partial charge in [0.15, 0.2) is 0 Å². The molecule has 2 rings (SSSR count). The Bertz CT molecular complexity index is 540. The van der Waals surface area contributed by atoms with Gasteiger partial charge in [0.05, 0.1) is 5.56 Å². The fourth-order valence-corrected chi connectivity index (χ4v) is 2.26. The van der Waals surface area contributed by atoms with E-state index in [0.717, 1.165) is 5.56 Å². The third-order valence-electron chi connectivity index (χ3n) is 2.50. The molecular formula is C13H12FNO2S. The van der Waals surface area contributed by atoms with Crippen molar-refractivity contribution in [1.29, 1.82) is 0 Å². The number of carboxylic acids is 1. The van der Waals surface area contributed by atoms with Crippen LogP contribution in [0.5, 0.6) is 0 Å². The van der Waals surface area contributed by atoms with E-state index in [1.54, 1.807) is 17.4 Å². The maximum atomic E-state index is 13.4. The smallest absolute Gasteiger partial charge is 0.338 e. The van der Waals surface area contributed by atoms with Crippen LogP contribution in [0.4, 0.5) is 4.39 Å². The van der Waals surface area contributed by atoms with Gasteiger partial charge in [0.2, 0.25) is 0 Å². The lowest BCUT2D eigenvalue weighted by atomic mass is 10.1. The lowest BCUT2D eigenvalue weighted by Gasteiger charge is -2.05. The maximum Gasteiger partial charge on any atom is 0.338 e. The lowest BCUT2D eigenvalue weighted by molar-refractivity contribution is 0.0692. The number of benzene rings is 1. The van der Waals surface area contributed by atoms with Gasteiger partial charge in [0.25, 0.3) is 0 Å². The van der Waals surface area contributed by atoms with E-state index >= 15 is 0 Å². The minimum atomic E-state index is -1.25. The summed E-state index contributed by atoms with van der Waals surface area (Å²) < 4.78 is 13.4. The molecule has 0 unspecified atom stereocenters. The Hall–Kier alpha value is -1.72. The largest absolute Gasteiger partial charge is 0.478 e. The number of nitrogens with one attached hydrogen (secondary N) is 1. The molecular weight excluding hydrogens is 253 g/mol. The highest BCUT2D eigenvalue weighted by Crippen LogP contribution is 2.11. The molecule has 0 amide bonds. The summed E-state index contributed by atoms with van der Waals surface area (Å²) in [7, 11) is 0. The van der Waals surface area contributed by atoms with Gasteiger partial charge in [-0.05, 0) is 40.1 Å². The predicted octanol–water partition coefficient (Wildman–Crippen LogP) is 2.88. The molecule has 3 nitrogen and oxygen atoms in total. The maximum absolute atomic E-state index is 13.4. The van der Waals surface area contributed by atoms with E-state index in [1.807, 2.05) is 16.8 Å². The van der Waals surface area contributed by atoms with E-state index in [2.05, 4.69) is 5.32 Å². The van der Waals surface area contributed by atoms with E-state index in [4.69, 9.17) is 5.11 Å². The Morgan fingerprint density at radius 1 is 1.28 bits per heavy atom. The average molecular weight is 265 g/mol. The monoisotopic (exact) mass is 265 g/mol. The summed E-state index contributed by atoms with van der Waals surface area (Å²) in [5.74, 6) is -1.94. The number of carbonyl (C=O) groups is 1. The Balaban J connectivity index is 1.94. The van der Waals surface area contributed by atoms with Crippen molar-refractivity contribution < 1.29 is 14.3 Å². The van der Waals surface area contributed by atoms with Crippen molar-refractivity contribution in [2.24, 2.45) is 0 Å². The number of rotatable bonds is 5. The van der Waals surface area contributed by atoms with E-state index in [0.29, 0.717) is 13.1 Å². The van der Waals surface area contributed by atoms with E-state index in [-0.39, 0.29) is 5.56 Å². The highest BCUT2D eigenvalue weighted by atomic mass is 32.1. The molecule has 0 aliphatic heterocycles. The second-order valence-corrected chi connectivity index (χ2v) is 4.63. The van der Waals surface area contributed by atoms with E-state index in [1.165, 1.54) is 17.7 Å². The number of hydrogen-bond donors (Lipinski definition) is 2. The summed E-state index contributed by atoms with van der Waals surface area (Å²) in [5, 5.41) is 15.9. The van der Waals surface area contributed by atoms with Crippen molar-refractivity contribution in [2.45, 2.75) is 13.1 Å². The van der Waals surface area contributed by atoms with Crippen LogP contribution >= 0.6 is 11.3 Å². The molecule has 0 aliphatic carbocycles. The molecule has 0 spiro atoms. The fraction of sp³-hybridized carbons (Fsp3) is 0.154. The fourth-order valence-electron chi connectivity index (χ4n) is 1.59. The van der Waals surface area contributed by atoms with Crippen LogP contribution in [-0.4, -0.2) is 11.1 Å². The molecule has 94 valence electrons. The first-order chi connectivity index (χ1) is 8.66. The minimum absolute atomic E-state index is 0.295. The summed E-state index contributed by atoms with van der Waals surface area (Å²) in [5.41, 5.74) is 1.62. The van der Waals surface area contributed by atoms with Crippen LogP contribution in [0.3, 0.4) is 0 Å². The molecule has 0 saturated carbocycles. The number of carboxylic acid groups (broad SMARTS) is 1. The quantitative estimate of drug-likeness (QED) is 0.874. The molecule has 0 bridgehead atoms. The van der Waals surface area contributed by atoms with Crippen LogP contribution in [0.2, 0.25) is 0 Å². The van der Waals surface area contributed by atoms with Gasteiger partial charge in [-0.3, -0.25) is 0 Å². The van der Waals surface area contributed by atoms with Crippen molar-refractivity contribution in [3.05, 3.63) is 57.5 Å². The van der Waals surface area contributed by atoms with E-state index in [9.17, 15) is 9.18 Å². The summed E-state index contributed by atoms with van der Waals surface area (Å²) in [6.07, 6.45) is 0. The Morgan fingerprint density at radius 3 is 2.67 bits per heavy atom. The number of thiophene rings is 1. The van der Waals surface area contributed by atoms with Gasteiger partial charge < -0.3 is 10.4 Å². The second-order valence-electron chi connectivity index (χ2n) is 3.85. The van der Waals surface area contributed by atoms with Gasteiger partial charge in [-0.25, -0.2) is 9.18 Å². The molecule has 0 fully saturated rings. The molecule has 5 heteroatoms. The van der Waals surface area contributed by atoms with Crippen LogP contribution < -0.4 is 5.32 Å². The molecule has 2 N–H and O–H groups in total. The van der Waals surface area contributed by atoms with Crippen LogP contribution in [0.25, 0.3) is 0 Å². The molecule has 2 aromatic rings. The van der Waals surface area contributed by atoms with Gasteiger partial charge in [0, 0.05) is 13.1 Å². The zero-order valence-electron chi connectivity index (χ0n) is 9.52. The Labute approximate surface area is 108 Å². The Morgan fingerprint density at radius 2 is 2.06 bits per heavy atom. The average Bonchev–Trinajstić information content (AvgIpc) is 2.81.